The molecule has 4 heteroatoms. The van der Waals surface area contributed by atoms with Crippen molar-refractivity contribution >= 4 is 29.0 Å². The van der Waals surface area contributed by atoms with E-state index in [0.29, 0.717) is 6.61 Å². The van der Waals surface area contributed by atoms with Gasteiger partial charge in [-0.25, -0.2) is 0 Å². The molecular weight excluding hydrogens is 298 g/mol. The Balaban J connectivity index is 1.60. The number of para-hydroxylation sites is 1. The molecule has 0 aliphatic rings. The Morgan fingerprint density at radius 1 is 1.10 bits per heavy atom. The maximum atomic E-state index is 5.59. The van der Waals surface area contributed by atoms with Crippen molar-refractivity contribution in [3.05, 3.63) is 60.2 Å². The van der Waals surface area contributed by atoms with Crippen LogP contribution in [-0.4, -0.2) is 23.9 Å². The molecule has 0 atom stereocenters. The molecule has 2 nitrogen and oxygen atoms in total. The largest absolute Gasteiger partial charge is 0.486 e. The maximum Gasteiger partial charge on any atom is 0.138 e. The number of nitrogens with one attached hydrogen (secondary N) is 1. The Kier molecular flexibility index (Phi) is 6.57. The Morgan fingerprint density at radius 2 is 1.81 bits per heavy atom. The summed E-state index contributed by atoms with van der Waals surface area (Å²) in [5, 5.41) is 3.22. The van der Waals surface area contributed by atoms with Crippen LogP contribution in [0.4, 0.5) is 0 Å². The summed E-state index contributed by atoms with van der Waals surface area (Å²) in [6.07, 6.45) is 0. The third kappa shape index (κ3) is 6.19. The number of thioether (sulfide) groups is 1. The van der Waals surface area contributed by atoms with Gasteiger partial charge in [0.2, 0.25) is 0 Å². The van der Waals surface area contributed by atoms with Gasteiger partial charge in [-0.2, -0.15) is 0 Å². The summed E-state index contributed by atoms with van der Waals surface area (Å²) in [5.41, 5.74) is 1.29. The lowest BCUT2D eigenvalue weighted by molar-refractivity contribution is 0.375. The van der Waals surface area contributed by atoms with E-state index in [1.54, 1.807) is 0 Å². The molecule has 0 radical (unpaired) electrons. The smallest absolute Gasteiger partial charge is 0.138 e. The summed E-state index contributed by atoms with van der Waals surface area (Å²) in [6.45, 7) is 3.37. The van der Waals surface area contributed by atoms with Gasteiger partial charge in [0.15, 0.2) is 0 Å². The molecule has 0 amide bonds. The highest BCUT2D eigenvalue weighted by molar-refractivity contribution is 7.99. The van der Waals surface area contributed by atoms with E-state index < -0.39 is 0 Å². The van der Waals surface area contributed by atoms with Gasteiger partial charge < -0.3 is 10.1 Å². The second kappa shape index (κ2) is 8.70. The quantitative estimate of drug-likeness (QED) is 0.472. The summed E-state index contributed by atoms with van der Waals surface area (Å²) in [7, 11) is 0. The molecular formula is C17H19NOS2. The first-order valence-electron chi connectivity index (χ1n) is 6.88. The number of benzene rings is 2. The van der Waals surface area contributed by atoms with Gasteiger partial charge in [-0.1, -0.05) is 48.1 Å². The average molecular weight is 317 g/mol. The van der Waals surface area contributed by atoms with Crippen molar-refractivity contribution in [2.24, 2.45) is 0 Å². The number of hydrogen-bond donors (Lipinski definition) is 1. The van der Waals surface area contributed by atoms with Crippen molar-refractivity contribution in [1.82, 2.24) is 5.32 Å². The second-order valence-electron chi connectivity index (χ2n) is 4.61. The standard InChI is InChI=1S/C17H19NOS2/c1-14-7-9-16(10-8-14)21-12-11-18-17(20)13-19-15-5-3-2-4-6-15/h2-10H,11-13H2,1H3,(H,18,20). The average Bonchev–Trinajstić information content (AvgIpc) is 2.52. The predicted molar refractivity (Wildman–Crippen MR) is 94.4 cm³/mol. The highest BCUT2D eigenvalue weighted by atomic mass is 32.2. The van der Waals surface area contributed by atoms with Gasteiger partial charge in [-0.3, -0.25) is 0 Å². The van der Waals surface area contributed by atoms with E-state index in [2.05, 4.69) is 36.5 Å². The summed E-state index contributed by atoms with van der Waals surface area (Å²) in [4.78, 5) is 2.03. The minimum absolute atomic E-state index is 0.425. The molecule has 0 bridgehead atoms. The van der Waals surface area contributed by atoms with Crippen LogP contribution in [0.3, 0.4) is 0 Å². The van der Waals surface area contributed by atoms with Crippen molar-refractivity contribution in [3.8, 4) is 5.75 Å². The fourth-order valence-electron chi connectivity index (χ4n) is 1.71. The molecule has 2 aromatic carbocycles. The SMILES string of the molecule is Cc1ccc(SCCNC(=S)COc2ccccc2)cc1. The van der Waals surface area contributed by atoms with Crippen LogP contribution in [0.2, 0.25) is 0 Å². The van der Waals surface area contributed by atoms with E-state index in [9.17, 15) is 0 Å². The van der Waals surface area contributed by atoms with Crippen LogP contribution in [0.1, 0.15) is 5.56 Å². The fraction of sp³-hybridized carbons (Fsp3) is 0.235. The molecule has 0 heterocycles. The van der Waals surface area contributed by atoms with E-state index in [-0.39, 0.29) is 0 Å². The first-order valence-corrected chi connectivity index (χ1v) is 8.27. The van der Waals surface area contributed by atoms with E-state index in [0.717, 1.165) is 23.0 Å². The minimum Gasteiger partial charge on any atom is -0.486 e. The zero-order valence-electron chi connectivity index (χ0n) is 12.0. The number of hydrogen-bond acceptors (Lipinski definition) is 3. The van der Waals surface area contributed by atoms with Gasteiger partial charge >= 0.3 is 0 Å². The van der Waals surface area contributed by atoms with Gasteiger partial charge in [-0.15, -0.1) is 11.8 Å². The molecule has 0 aliphatic heterocycles. The number of rotatable bonds is 7. The number of thiocarbonyl (C=S) groups is 1. The van der Waals surface area contributed by atoms with E-state index >= 15 is 0 Å². The summed E-state index contributed by atoms with van der Waals surface area (Å²) in [5.74, 6) is 1.82. The van der Waals surface area contributed by atoms with Crippen LogP contribution in [-0.2, 0) is 0 Å². The minimum atomic E-state index is 0.425. The third-order valence-corrected chi connectivity index (χ3v) is 4.10. The fourth-order valence-corrected chi connectivity index (χ4v) is 2.64. The molecule has 0 spiro atoms. The number of aryl methyl sites for hydroxylation is 1. The lowest BCUT2D eigenvalue weighted by Gasteiger charge is -2.09. The zero-order chi connectivity index (χ0) is 14.9. The van der Waals surface area contributed by atoms with Crippen LogP contribution in [0.5, 0.6) is 5.75 Å². The van der Waals surface area contributed by atoms with Gasteiger partial charge in [0, 0.05) is 17.2 Å². The second-order valence-corrected chi connectivity index (χ2v) is 6.27. The van der Waals surface area contributed by atoms with Gasteiger partial charge in [0.05, 0.1) is 0 Å². The highest BCUT2D eigenvalue weighted by Crippen LogP contribution is 2.17. The Labute approximate surface area is 135 Å². The van der Waals surface area contributed by atoms with Crippen molar-refractivity contribution in [2.75, 3.05) is 18.9 Å². The monoisotopic (exact) mass is 317 g/mol. The van der Waals surface area contributed by atoms with E-state index in [1.807, 2.05) is 42.1 Å². The summed E-state index contributed by atoms with van der Waals surface area (Å²) < 4.78 is 5.59. The molecule has 0 aromatic heterocycles. The lowest BCUT2D eigenvalue weighted by atomic mass is 10.2. The Hall–Kier alpha value is -1.52. The molecule has 0 saturated carbocycles. The van der Waals surface area contributed by atoms with Gasteiger partial charge in [0.1, 0.15) is 17.3 Å². The number of ether oxygens (including phenoxy) is 1. The van der Waals surface area contributed by atoms with Crippen molar-refractivity contribution in [3.63, 3.8) is 0 Å². The van der Waals surface area contributed by atoms with Crippen molar-refractivity contribution in [2.45, 2.75) is 11.8 Å². The Bertz CT molecular complexity index is 555. The van der Waals surface area contributed by atoms with Crippen LogP contribution in [0.25, 0.3) is 0 Å². The molecule has 110 valence electrons. The lowest BCUT2D eigenvalue weighted by Crippen LogP contribution is -2.29. The highest BCUT2D eigenvalue weighted by Gasteiger charge is 1.99. The summed E-state index contributed by atoms with van der Waals surface area (Å²) in [6, 6.07) is 18.3. The van der Waals surface area contributed by atoms with Crippen molar-refractivity contribution in [1.29, 1.82) is 0 Å². The Morgan fingerprint density at radius 3 is 2.52 bits per heavy atom. The molecule has 2 aromatic rings. The molecule has 0 fully saturated rings. The molecule has 0 saturated heterocycles. The molecule has 21 heavy (non-hydrogen) atoms. The molecule has 0 unspecified atom stereocenters. The normalized spacial score (nSPS) is 10.1. The van der Waals surface area contributed by atoms with Crippen LogP contribution >= 0.6 is 24.0 Å². The van der Waals surface area contributed by atoms with Crippen molar-refractivity contribution < 1.29 is 4.74 Å². The maximum absolute atomic E-state index is 5.59. The summed E-state index contributed by atoms with van der Waals surface area (Å²) >= 11 is 7.08. The third-order valence-electron chi connectivity index (χ3n) is 2.83. The topological polar surface area (TPSA) is 21.3 Å². The zero-order valence-corrected chi connectivity index (χ0v) is 13.7. The van der Waals surface area contributed by atoms with Crippen LogP contribution < -0.4 is 10.1 Å². The first-order chi connectivity index (χ1) is 10.2. The van der Waals surface area contributed by atoms with E-state index in [1.165, 1.54) is 10.5 Å². The molecule has 0 aliphatic carbocycles. The molecule has 1 N–H and O–H groups in total. The van der Waals surface area contributed by atoms with Crippen LogP contribution in [0, 0.1) is 6.92 Å². The molecule has 2 rings (SSSR count). The van der Waals surface area contributed by atoms with Gasteiger partial charge in [-0.05, 0) is 31.2 Å². The predicted octanol–water partition coefficient (Wildman–Crippen LogP) is 4.08. The van der Waals surface area contributed by atoms with Crippen LogP contribution in [0.15, 0.2) is 59.5 Å². The van der Waals surface area contributed by atoms with Gasteiger partial charge in [0.25, 0.3) is 0 Å². The van der Waals surface area contributed by atoms with E-state index in [4.69, 9.17) is 17.0 Å². The first kappa shape index (κ1) is 15.9.